The van der Waals surface area contributed by atoms with Crippen LogP contribution in [-0.2, 0) is 28.6 Å². The van der Waals surface area contributed by atoms with Crippen molar-refractivity contribution in [1.29, 1.82) is 0 Å². The highest BCUT2D eigenvalue weighted by atomic mass is 16.6. The first-order chi connectivity index (χ1) is 31.5. The first kappa shape index (κ1) is 61.9. The molecule has 0 fully saturated rings. The van der Waals surface area contributed by atoms with Crippen LogP contribution in [0, 0.1) is 0 Å². The van der Waals surface area contributed by atoms with Gasteiger partial charge >= 0.3 is 17.9 Å². The molecule has 1 unspecified atom stereocenters. The van der Waals surface area contributed by atoms with Gasteiger partial charge in [-0.15, -0.1) is 0 Å². The van der Waals surface area contributed by atoms with Crippen molar-refractivity contribution in [3.8, 4) is 0 Å². The molecule has 0 N–H and O–H groups in total. The van der Waals surface area contributed by atoms with Gasteiger partial charge in [-0.2, -0.15) is 0 Å². The first-order valence-corrected chi connectivity index (χ1v) is 28.3. The summed E-state index contributed by atoms with van der Waals surface area (Å²) in [6.45, 7) is 6.64. The molecule has 0 aliphatic heterocycles. The predicted octanol–water partition coefficient (Wildman–Crippen LogP) is 18.7. The topological polar surface area (TPSA) is 78.9 Å². The van der Waals surface area contributed by atoms with Crippen molar-refractivity contribution < 1.29 is 28.6 Å². The summed E-state index contributed by atoms with van der Waals surface area (Å²) in [6, 6.07) is 0. The highest BCUT2D eigenvalue weighted by Gasteiger charge is 2.19. The van der Waals surface area contributed by atoms with E-state index in [1.54, 1.807) is 0 Å². The van der Waals surface area contributed by atoms with Gasteiger partial charge in [0.15, 0.2) is 6.10 Å². The van der Waals surface area contributed by atoms with E-state index in [2.05, 4.69) is 45.1 Å². The van der Waals surface area contributed by atoms with Gasteiger partial charge in [0.25, 0.3) is 0 Å². The highest BCUT2D eigenvalue weighted by Crippen LogP contribution is 2.17. The van der Waals surface area contributed by atoms with Crippen LogP contribution in [0.1, 0.15) is 310 Å². The molecule has 0 aromatic heterocycles. The second-order valence-electron chi connectivity index (χ2n) is 19.2. The number of unbranched alkanes of at least 4 members (excludes halogenated alkanes) is 37. The molecule has 6 nitrogen and oxygen atoms in total. The molecule has 64 heavy (non-hydrogen) atoms. The van der Waals surface area contributed by atoms with E-state index in [0.29, 0.717) is 19.3 Å². The number of carbonyl (C=O) groups is 3. The van der Waals surface area contributed by atoms with Gasteiger partial charge in [0, 0.05) is 19.3 Å². The Morgan fingerprint density at radius 1 is 0.312 bits per heavy atom. The Hall–Kier alpha value is -2.11. The van der Waals surface area contributed by atoms with Crippen molar-refractivity contribution in [3.63, 3.8) is 0 Å². The largest absolute Gasteiger partial charge is 0.462 e. The quantitative estimate of drug-likeness (QED) is 0.0262. The molecule has 0 aromatic rings. The third-order valence-corrected chi connectivity index (χ3v) is 12.7. The second kappa shape index (κ2) is 53.5. The fourth-order valence-corrected chi connectivity index (χ4v) is 8.42. The summed E-state index contributed by atoms with van der Waals surface area (Å²) in [5.41, 5.74) is 0. The molecule has 376 valence electrons. The van der Waals surface area contributed by atoms with Crippen molar-refractivity contribution in [3.05, 3.63) is 24.3 Å². The molecule has 1 atom stereocenters. The van der Waals surface area contributed by atoms with E-state index in [1.165, 1.54) is 199 Å². The molecule has 0 aliphatic rings. The van der Waals surface area contributed by atoms with Crippen molar-refractivity contribution in [1.82, 2.24) is 0 Å². The van der Waals surface area contributed by atoms with Gasteiger partial charge in [-0.3, -0.25) is 14.4 Å². The lowest BCUT2D eigenvalue weighted by Gasteiger charge is -2.18. The average Bonchev–Trinajstić information content (AvgIpc) is 3.29. The van der Waals surface area contributed by atoms with Crippen LogP contribution in [0.15, 0.2) is 24.3 Å². The van der Waals surface area contributed by atoms with Crippen LogP contribution >= 0.6 is 0 Å². The fourth-order valence-electron chi connectivity index (χ4n) is 8.42. The molecular formula is C58H108O6. The number of allylic oxidation sites excluding steroid dienone is 4. The number of hydrogen-bond donors (Lipinski definition) is 0. The number of esters is 3. The Labute approximate surface area is 398 Å². The Morgan fingerprint density at radius 2 is 0.562 bits per heavy atom. The Kier molecular flexibility index (Phi) is 51.7. The van der Waals surface area contributed by atoms with Crippen LogP contribution in [0.5, 0.6) is 0 Å². The standard InChI is InChI=1S/C58H108O6/c1-4-7-10-13-16-19-21-23-25-27-29-31-32-34-36-39-42-45-48-51-57(60)63-54-55(53-62-56(59)50-47-44-41-38-18-15-12-9-6-3)64-58(61)52-49-46-43-40-37-35-33-30-28-26-24-22-20-17-14-11-8-5-2/h20,22,26,28,55H,4-19,21,23-25,27,29-54H2,1-3H3/b22-20-,28-26-. The minimum atomic E-state index is -0.769. The third kappa shape index (κ3) is 50.9. The predicted molar refractivity (Wildman–Crippen MR) is 275 cm³/mol. The van der Waals surface area contributed by atoms with Gasteiger partial charge in [0.05, 0.1) is 0 Å². The Bertz CT molecular complexity index is 1040. The molecule has 0 spiro atoms. The summed E-state index contributed by atoms with van der Waals surface area (Å²) in [6.07, 6.45) is 61.7. The molecule has 0 heterocycles. The summed E-state index contributed by atoms with van der Waals surface area (Å²) >= 11 is 0. The summed E-state index contributed by atoms with van der Waals surface area (Å²) < 4.78 is 16.8. The van der Waals surface area contributed by atoms with Crippen LogP contribution in [0.2, 0.25) is 0 Å². The van der Waals surface area contributed by atoms with Crippen molar-refractivity contribution in [2.24, 2.45) is 0 Å². The van der Waals surface area contributed by atoms with E-state index in [1.807, 2.05) is 0 Å². The van der Waals surface area contributed by atoms with Crippen molar-refractivity contribution in [2.45, 2.75) is 316 Å². The van der Waals surface area contributed by atoms with Crippen LogP contribution in [0.4, 0.5) is 0 Å². The van der Waals surface area contributed by atoms with E-state index in [9.17, 15) is 14.4 Å². The smallest absolute Gasteiger partial charge is 0.306 e. The maximum absolute atomic E-state index is 12.8. The van der Waals surface area contributed by atoms with E-state index < -0.39 is 6.10 Å². The zero-order valence-corrected chi connectivity index (χ0v) is 43.1. The van der Waals surface area contributed by atoms with Crippen molar-refractivity contribution >= 4 is 17.9 Å². The molecule has 0 rings (SSSR count). The zero-order valence-electron chi connectivity index (χ0n) is 43.1. The minimum Gasteiger partial charge on any atom is -0.462 e. The van der Waals surface area contributed by atoms with Gasteiger partial charge in [0.1, 0.15) is 13.2 Å². The molecule has 0 saturated heterocycles. The number of ether oxygens (including phenoxy) is 3. The van der Waals surface area contributed by atoms with Gasteiger partial charge in [-0.05, 0) is 51.4 Å². The Morgan fingerprint density at radius 3 is 0.875 bits per heavy atom. The summed E-state index contributed by atoms with van der Waals surface area (Å²) in [7, 11) is 0. The normalized spacial score (nSPS) is 12.1. The molecule has 0 bridgehead atoms. The molecule has 0 amide bonds. The van der Waals surface area contributed by atoms with Gasteiger partial charge in [0.2, 0.25) is 0 Å². The van der Waals surface area contributed by atoms with Crippen LogP contribution in [0.3, 0.4) is 0 Å². The highest BCUT2D eigenvalue weighted by molar-refractivity contribution is 5.71. The lowest BCUT2D eigenvalue weighted by molar-refractivity contribution is -0.167. The molecule has 6 heteroatoms. The van der Waals surface area contributed by atoms with E-state index in [4.69, 9.17) is 14.2 Å². The molecule has 0 radical (unpaired) electrons. The van der Waals surface area contributed by atoms with Gasteiger partial charge in [-0.25, -0.2) is 0 Å². The van der Waals surface area contributed by atoms with Gasteiger partial charge in [-0.1, -0.05) is 263 Å². The van der Waals surface area contributed by atoms with Crippen molar-refractivity contribution in [2.75, 3.05) is 13.2 Å². The number of rotatable bonds is 52. The fraction of sp³-hybridized carbons (Fsp3) is 0.879. The number of carbonyl (C=O) groups excluding carboxylic acids is 3. The maximum atomic E-state index is 12.8. The third-order valence-electron chi connectivity index (χ3n) is 12.7. The molecule has 0 aromatic carbocycles. The van der Waals surface area contributed by atoms with E-state index >= 15 is 0 Å². The summed E-state index contributed by atoms with van der Waals surface area (Å²) in [5.74, 6) is -0.861. The maximum Gasteiger partial charge on any atom is 0.306 e. The zero-order chi connectivity index (χ0) is 46.5. The SMILES string of the molecule is CCCCCC/C=C\C/C=C\CCCCCCCCCC(=O)OC(COC(=O)CCCCCCCCCCC)COC(=O)CCCCCCCCCCCCCCCCCCCCC. The minimum absolute atomic E-state index is 0.0694. The average molecular weight is 901 g/mol. The van der Waals surface area contributed by atoms with E-state index in [-0.39, 0.29) is 31.1 Å². The summed E-state index contributed by atoms with van der Waals surface area (Å²) in [4.78, 5) is 38.0. The van der Waals surface area contributed by atoms with Gasteiger partial charge < -0.3 is 14.2 Å². The lowest BCUT2D eigenvalue weighted by Crippen LogP contribution is -2.30. The lowest BCUT2D eigenvalue weighted by atomic mass is 10.0. The Balaban J connectivity index is 4.25. The molecule has 0 aliphatic carbocycles. The monoisotopic (exact) mass is 901 g/mol. The molecular weight excluding hydrogens is 793 g/mol. The number of hydrogen-bond acceptors (Lipinski definition) is 6. The van der Waals surface area contributed by atoms with Crippen LogP contribution in [0.25, 0.3) is 0 Å². The second-order valence-corrected chi connectivity index (χ2v) is 19.2. The van der Waals surface area contributed by atoms with E-state index in [0.717, 1.165) is 70.6 Å². The van der Waals surface area contributed by atoms with Crippen LogP contribution in [-0.4, -0.2) is 37.2 Å². The van der Waals surface area contributed by atoms with Crippen LogP contribution < -0.4 is 0 Å². The molecule has 0 saturated carbocycles. The summed E-state index contributed by atoms with van der Waals surface area (Å²) in [5, 5.41) is 0. The first-order valence-electron chi connectivity index (χ1n) is 28.3.